The maximum absolute atomic E-state index is 13.0. The van der Waals surface area contributed by atoms with Gasteiger partial charge >= 0.3 is 6.01 Å². The molecule has 8 heteroatoms. The molecule has 1 N–H and O–H groups in total. The monoisotopic (exact) mass is 458 g/mol. The first-order chi connectivity index (χ1) is 16.5. The van der Waals surface area contributed by atoms with Crippen molar-refractivity contribution in [2.45, 2.75) is 13.8 Å². The largest absolute Gasteiger partial charge is 0.496 e. The summed E-state index contributed by atoms with van der Waals surface area (Å²) in [5.74, 6) is 1.21. The Labute approximate surface area is 198 Å². The van der Waals surface area contributed by atoms with Crippen LogP contribution in [0.3, 0.4) is 0 Å². The minimum absolute atomic E-state index is 0.307. The van der Waals surface area contributed by atoms with Crippen LogP contribution in [-0.2, 0) is 0 Å². The summed E-state index contributed by atoms with van der Waals surface area (Å²) >= 11 is 0. The van der Waals surface area contributed by atoms with E-state index in [-0.39, 0.29) is 5.91 Å². The molecule has 0 saturated heterocycles. The molecule has 0 saturated carbocycles. The summed E-state index contributed by atoms with van der Waals surface area (Å²) in [5, 5.41) is 7.43. The average Bonchev–Trinajstić information content (AvgIpc) is 3.28. The number of hydrogen-bond donors (Lipinski definition) is 1. The number of ether oxygens (including phenoxy) is 3. The van der Waals surface area contributed by atoms with E-state index in [1.54, 1.807) is 35.0 Å². The molecule has 3 aromatic carbocycles. The number of nitrogens with zero attached hydrogens (tertiary/aromatic N) is 3. The SMILES string of the molecule is CCOc1nc(-c2ccccc2C)n(-c2ccc(NC(=O)c3c(OC)cccc3OC)cc2)n1. The van der Waals surface area contributed by atoms with Crippen molar-refractivity contribution in [2.75, 3.05) is 26.1 Å². The van der Waals surface area contributed by atoms with Gasteiger partial charge in [0.05, 0.1) is 26.5 Å². The Balaban J connectivity index is 1.64. The molecule has 1 heterocycles. The molecule has 1 aromatic heterocycles. The maximum Gasteiger partial charge on any atom is 0.336 e. The van der Waals surface area contributed by atoms with Crippen LogP contribution >= 0.6 is 0 Å². The first-order valence-electron chi connectivity index (χ1n) is 10.8. The number of aromatic nitrogens is 3. The molecule has 0 spiro atoms. The first kappa shape index (κ1) is 22.8. The Morgan fingerprint density at radius 2 is 1.62 bits per heavy atom. The molecule has 0 atom stereocenters. The summed E-state index contributed by atoms with van der Waals surface area (Å²) in [7, 11) is 3.03. The van der Waals surface area contributed by atoms with E-state index in [4.69, 9.17) is 14.2 Å². The van der Waals surface area contributed by atoms with Gasteiger partial charge in [0.2, 0.25) is 0 Å². The third kappa shape index (κ3) is 4.56. The van der Waals surface area contributed by atoms with Gasteiger partial charge in [0.1, 0.15) is 17.1 Å². The van der Waals surface area contributed by atoms with Crippen LogP contribution in [0.4, 0.5) is 5.69 Å². The number of carbonyl (C=O) groups is 1. The van der Waals surface area contributed by atoms with Crippen molar-refractivity contribution in [3.05, 3.63) is 77.9 Å². The lowest BCUT2D eigenvalue weighted by atomic mass is 10.1. The number of aryl methyl sites for hydroxylation is 1. The third-order valence-corrected chi connectivity index (χ3v) is 5.27. The molecule has 1 amide bonds. The van der Waals surface area contributed by atoms with Crippen molar-refractivity contribution in [3.63, 3.8) is 0 Å². The molecule has 0 bridgehead atoms. The minimum atomic E-state index is -0.331. The summed E-state index contributed by atoms with van der Waals surface area (Å²) in [6.07, 6.45) is 0. The van der Waals surface area contributed by atoms with Crippen LogP contribution in [0.15, 0.2) is 66.7 Å². The molecule has 174 valence electrons. The second-order valence-corrected chi connectivity index (χ2v) is 7.42. The van der Waals surface area contributed by atoms with E-state index in [1.807, 2.05) is 50.2 Å². The zero-order valence-corrected chi connectivity index (χ0v) is 19.5. The third-order valence-electron chi connectivity index (χ3n) is 5.27. The normalized spacial score (nSPS) is 10.6. The van der Waals surface area contributed by atoms with E-state index in [2.05, 4.69) is 15.4 Å². The van der Waals surface area contributed by atoms with Crippen LogP contribution in [0.5, 0.6) is 17.5 Å². The molecule has 0 radical (unpaired) electrons. The molecular formula is C26H26N4O4. The smallest absolute Gasteiger partial charge is 0.336 e. The molecular weight excluding hydrogens is 432 g/mol. The van der Waals surface area contributed by atoms with Crippen LogP contribution < -0.4 is 19.5 Å². The number of amides is 1. The molecule has 4 aromatic rings. The highest BCUT2D eigenvalue weighted by molar-refractivity contribution is 6.08. The highest BCUT2D eigenvalue weighted by Gasteiger charge is 2.19. The molecule has 8 nitrogen and oxygen atoms in total. The number of anilines is 1. The average molecular weight is 459 g/mol. The number of benzene rings is 3. The zero-order chi connectivity index (χ0) is 24.1. The van der Waals surface area contributed by atoms with Crippen molar-refractivity contribution < 1.29 is 19.0 Å². The van der Waals surface area contributed by atoms with Crippen molar-refractivity contribution in [2.24, 2.45) is 0 Å². The van der Waals surface area contributed by atoms with Gasteiger partial charge in [0.15, 0.2) is 5.82 Å². The standard InChI is InChI=1S/C26H26N4O4/c1-5-34-26-28-24(20-10-7-6-9-17(20)2)30(29-26)19-15-13-18(14-16-19)27-25(31)23-21(32-3)11-8-12-22(23)33-4/h6-16H,5H2,1-4H3,(H,27,31). The van der Waals surface area contributed by atoms with Crippen LogP contribution in [-0.4, -0.2) is 41.5 Å². The summed E-state index contributed by atoms with van der Waals surface area (Å²) in [4.78, 5) is 17.6. The van der Waals surface area contributed by atoms with Crippen LogP contribution in [0, 0.1) is 6.92 Å². The lowest BCUT2D eigenvalue weighted by molar-refractivity contribution is 0.102. The number of hydrogen-bond acceptors (Lipinski definition) is 6. The minimum Gasteiger partial charge on any atom is -0.496 e. The van der Waals surface area contributed by atoms with Crippen LogP contribution in [0.1, 0.15) is 22.8 Å². The van der Waals surface area contributed by atoms with Crippen molar-refractivity contribution in [1.82, 2.24) is 14.8 Å². The Hall–Kier alpha value is -4.33. The number of carbonyl (C=O) groups excluding carboxylic acids is 1. The predicted octanol–water partition coefficient (Wildman–Crippen LogP) is 4.91. The van der Waals surface area contributed by atoms with Gasteiger partial charge in [-0.1, -0.05) is 30.3 Å². The van der Waals surface area contributed by atoms with Crippen molar-refractivity contribution in [3.8, 4) is 34.6 Å². The van der Waals surface area contributed by atoms with Gasteiger partial charge in [-0.25, -0.2) is 4.68 Å². The maximum atomic E-state index is 13.0. The molecule has 0 fully saturated rings. The zero-order valence-electron chi connectivity index (χ0n) is 19.5. The molecule has 0 aliphatic heterocycles. The van der Waals surface area contributed by atoms with Gasteiger partial charge in [-0.05, 0) is 55.8 Å². The molecule has 0 aliphatic carbocycles. The van der Waals surface area contributed by atoms with Gasteiger partial charge in [-0.2, -0.15) is 4.98 Å². The topological polar surface area (TPSA) is 87.5 Å². The molecule has 4 rings (SSSR count). The Kier molecular flexibility index (Phi) is 6.77. The quantitative estimate of drug-likeness (QED) is 0.404. The lowest BCUT2D eigenvalue weighted by Crippen LogP contribution is -2.14. The second kappa shape index (κ2) is 10.1. The van der Waals surface area contributed by atoms with Crippen molar-refractivity contribution >= 4 is 11.6 Å². The summed E-state index contributed by atoms with van der Waals surface area (Å²) < 4.78 is 18.0. The van der Waals surface area contributed by atoms with E-state index in [9.17, 15) is 4.79 Å². The second-order valence-electron chi connectivity index (χ2n) is 7.42. The van der Waals surface area contributed by atoms with Gasteiger partial charge in [-0.15, -0.1) is 5.10 Å². The van der Waals surface area contributed by atoms with E-state index in [0.717, 1.165) is 16.8 Å². The first-order valence-corrected chi connectivity index (χ1v) is 10.8. The Bertz CT molecular complexity index is 1280. The van der Waals surface area contributed by atoms with Gasteiger partial charge < -0.3 is 19.5 Å². The highest BCUT2D eigenvalue weighted by atomic mass is 16.5. The number of nitrogens with one attached hydrogen (secondary N) is 1. The van der Waals surface area contributed by atoms with Crippen LogP contribution in [0.25, 0.3) is 17.1 Å². The number of methoxy groups -OCH3 is 2. The van der Waals surface area contributed by atoms with E-state index < -0.39 is 0 Å². The van der Waals surface area contributed by atoms with Crippen molar-refractivity contribution in [1.29, 1.82) is 0 Å². The molecule has 0 unspecified atom stereocenters. The Morgan fingerprint density at radius 3 is 2.24 bits per heavy atom. The van der Waals surface area contributed by atoms with Gasteiger partial charge in [0, 0.05) is 11.3 Å². The molecule has 0 aliphatic rings. The fourth-order valence-corrected chi connectivity index (χ4v) is 3.62. The number of rotatable bonds is 8. The van der Waals surface area contributed by atoms with E-state index in [1.165, 1.54) is 14.2 Å². The Morgan fingerprint density at radius 1 is 0.941 bits per heavy atom. The van der Waals surface area contributed by atoms with Crippen LogP contribution in [0.2, 0.25) is 0 Å². The fraction of sp³-hybridized carbons (Fsp3) is 0.192. The summed E-state index contributed by atoms with van der Waals surface area (Å²) in [6, 6.07) is 20.8. The summed E-state index contributed by atoms with van der Waals surface area (Å²) in [5.41, 5.74) is 3.76. The van der Waals surface area contributed by atoms with E-state index in [0.29, 0.717) is 41.2 Å². The lowest BCUT2D eigenvalue weighted by Gasteiger charge is -2.13. The highest BCUT2D eigenvalue weighted by Crippen LogP contribution is 2.30. The fourth-order valence-electron chi connectivity index (χ4n) is 3.62. The van der Waals surface area contributed by atoms with Gasteiger partial charge in [-0.3, -0.25) is 4.79 Å². The van der Waals surface area contributed by atoms with E-state index >= 15 is 0 Å². The predicted molar refractivity (Wildman–Crippen MR) is 130 cm³/mol. The molecule has 34 heavy (non-hydrogen) atoms. The van der Waals surface area contributed by atoms with Gasteiger partial charge in [0.25, 0.3) is 5.91 Å². The summed E-state index contributed by atoms with van der Waals surface area (Å²) in [6.45, 7) is 4.39.